The largest absolute Gasteiger partial charge is 0.351 e. The molecule has 0 spiro atoms. The third kappa shape index (κ3) is 3.62. The normalized spacial score (nSPS) is 19.8. The van der Waals surface area contributed by atoms with Crippen molar-refractivity contribution in [2.75, 3.05) is 5.32 Å². The lowest BCUT2D eigenvalue weighted by Crippen LogP contribution is -2.18. The molecule has 3 rings (SSSR count). The Morgan fingerprint density at radius 3 is 2.91 bits per heavy atom. The number of dihydropyridines is 1. The van der Waals surface area contributed by atoms with Crippen LogP contribution in [0.15, 0.2) is 34.7 Å². The zero-order valence-electron chi connectivity index (χ0n) is 12.9. The second-order valence-electron chi connectivity index (χ2n) is 5.75. The molecular formula is C17H18BrN5. The minimum atomic E-state index is 0.438. The highest BCUT2D eigenvalue weighted by atomic mass is 79.9. The number of hydrogen-bond acceptors (Lipinski definition) is 5. The van der Waals surface area contributed by atoms with Gasteiger partial charge in [-0.3, -0.25) is 0 Å². The van der Waals surface area contributed by atoms with Gasteiger partial charge in [-0.25, -0.2) is 9.97 Å². The fraction of sp³-hybridized carbons (Fsp3) is 0.353. The summed E-state index contributed by atoms with van der Waals surface area (Å²) in [6, 6.07) is 2.71. The summed E-state index contributed by atoms with van der Waals surface area (Å²) >= 11 is 3.40. The Kier molecular flexibility index (Phi) is 4.77. The summed E-state index contributed by atoms with van der Waals surface area (Å²) in [5.74, 6) is 0.597. The Bertz CT molecular complexity index is 736. The Morgan fingerprint density at radius 2 is 2.22 bits per heavy atom. The molecule has 5 nitrogen and oxygen atoms in total. The number of nitriles is 1. The van der Waals surface area contributed by atoms with Gasteiger partial charge >= 0.3 is 0 Å². The minimum absolute atomic E-state index is 0.438. The van der Waals surface area contributed by atoms with Crippen LogP contribution in [0, 0.1) is 18.3 Å². The number of rotatable bonds is 3. The van der Waals surface area contributed by atoms with Crippen molar-refractivity contribution < 1.29 is 0 Å². The lowest BCUT2D eigenvalue weighted by Gasteiger charge is -2.15. The Morgan fingerprint density at radius 1 is 1.43 bits per heavy atom. The van der Waals surface area contributed by atoms with E-state index in [2.05, 4.69) is 42.6 Å². The van der Waals surface area contributed by atoms with Gasteiger partial charge in [0.2, 0.25) is 5.95 Å². The SMILES string of the molecule is Cc1cnc(NC2CCCC2)nc1/C(C#N)=C1/C=CC=C(Br)N1. The van der Waals surface area contributed by atoms with E-state index in [0.29, 0.717) is 23.3 Å². The summed E-state index contributed by atoms with van der Waals surface area (Å²) < 4.78 is 0.818. The second kappa shape index (κ2) is 6.97. The van der Waals surface area contributed by atoms with Crippen LogP contribution in [0.1, 0.15) is 36.9 Å². The van der Waals surface area contributed by atoms with E-state index in [4.69, 9.17) is 0 Å². The molecule has 0 radical (unpaired) electrons. The summed E-state index contributed by atoms with van der Waals surface area (Å²) in [6.07, 6.45) is 12.2. The monoisotopic (exact) mass is 371 g/mol. The van der Waals surface area contributed by atoms with Gasteiger partial charge < -0.3 is 10.6 Å². The molecule has 118 valence electrons. The average Bonchev–Trinajstić information content (AvgIpc) is 3.04. The molecule has 1 fully saturated rings. The van der Waals surface area contributed by atoms with Gasteiger partial charge in [-0.2, -0.15) is 5.26 Å². The molecule has 0 aromatic carbocycles. The summed E-state index contributed by atoms with van der Waals surface area (Å²) in [6.45, 7) is 1.92. The first-order valence-electron chi connectivity index (χ1n) is 7.73. The summed E-state index contributed by atoms with van der Waals surface area (Å²) in [5.41, 5.74) is 2.79. The molecule has 2 N–H and O–H groups in total. The third-order valence-corrected chi connectivity index (χ3v) is 4.50. The molecule has 1 aliphatic heterocycles. The van der Waals surface area contributed by atoms with Gasteiger partial charge in [0.1, 0.15) is 11.6 Å². The maximum absolute atomic E-state index is 9.62. The molecule has 0 bridgehead atoms. The van der Waals surface area contributed by atoms with Gasteiger partial charge in [-0.05, 0) is 53.4 Å². The molecule has 1 aromatic heterocycles. The van der Waals surface area contributed by atoms with Crippen molar-refractivity contribution in [3.05, 3.63) is 46.0 Å². The van der Waals surface area contributed by atoms with Crippen molar-refractivity contribution in [1.29, 1.82) is 5.26 Å². The highest BCUT2D eigenvalue weighted by molar-refractivity contribution is 9.11. The molecule has 0 amide bonds. The van der Waals surface area contributed by atoms with Crippen LogP contribution < -0.4 is 10.6 Å². The predicted octanol–water partition coefficient (Wildman–Crippen LogP) is 3.77. The molecule has 2 aliphatic rings. The second-order valence-corrected chi connectivity index (χ2v) is 6.60. The maximum atomic E-state index is 9.62. The number of aromatic nitrogens is 2. The molecule has 23 heavy (non-hydrogen) atoms. The molecule has 0 unspecified atom stereocenters. The fourth-order valence-corrected chi connectivity index (χ4v) is 3.21. The van der Waals surface area contributed by atoms with Gasteiger partial charge in [0.15, 0.2) is 0 Å². The number of aryl methyl sites for hydroxylation is 1. The van der Waals surface area contributed by atoms with Crippen LogP contribution in [-0.2, 0) is 0 Å². The number of allylic oxidation sites excluding steroid dienone is 4. The minimum Gasteiger partial charge on any atom is -0.351 e. The molecule has 1 saturated carbocycles. The zero-order chi connectivity index (χ0) is 16.2. The van der Waals surface area contributed by atoms with E-state index in [1.54, 1.807) is 6.20 Å². The van der Waals surface area contributed by atoms with E-state index < -0.39 is 0 Å². The van der Waals surface area contributed by atoms with Crippen molar-refractivity contribution in [2.45, 2.75) is 38.6 Å². The molecule has 2 heterocycles. The lowest BCUT2D eigenvalue weighted by molar-refractivity contribution is 0.743. The number of hydrogen-bond donors (Lipinski definition) is 2. The highest BCUT2D eigenvalue weighted by Gasteiger charge is 2.18. The van der Waals surface area contributed by atoms with E-state index >= 15 is 0 Å². The Hall–Kier alpha value is -2.13. The van der Waals surface area contributed by atoms with Gasteiger partial charge in [0.25, 0.3) is 0 Å². The van der Waals surface area contributed by atoms with Gasteiger partial charge in [0, 0.05) is 12.2 Å². The first kappa shape index (κ1) is 15.8. The van der Waals surface area contributed by atoms with E-state index in [0.717, 1.165) is 28.7 Å². The van der Waals surface area contributed by atoms with Crippen LogP contribution in [0.2, 0.25) is 0 Å². The van der Waals surface area contributed by atoms with Crippen LogP contribution in [0.5, 0.6) is 0 Å². The quantitative estimate of drug-likeness (QED) is 0.624. The molecule has 1 aliphatic carbocycles. The smallest absolute Gasteiger partial charge is 0.223 e. The number of nitrogens with zero attached hydrogens (tertiary/aromatic N) is 3. The first-order chi connectivity index (χ1) is 11.2. The van der Waals surface area contributed by atoms with E-state index in [1.165, 1.54) is 12.8 Å². The van der Waals surface area contributed by atoms with Gasteiger partial charge in [-0.15, -0.1) is 0 Å². The topological polar surface area (TPSA) is 73.6 Å². The summed E-state index contributed by atoms with van der Waals surface area (Å²) in [5, 5.41) is 16.2. The molecule has 6 heteroatoms. The fourth-order valence-electron chi connectivity index (χ4n) is 2.84. The van der Waals surface area contributed by atoms with Crippen LogP contribution in [0.3, 0.4) is 0 Å². The zero-order valence-corrected chi connectivity index (χ0v) is 14.5. The van der Waals surface area contributed by atoms with Crippen LogP contribution >= 0.6 is 15.9 Å². The molecule has 1 aromatic rings. The van der Waals surface area contributed by atoms with Gasteiger partial charge in [-0.1, -0.05) is 18.9 Å². The molecule has 0 saturated heterocycles. The molecular weight excluding hydrogens is 354 g/mol. The van der Waals surface area contributed by atoms with E-state index in [1.807, 2.05) is 25.2 Å². The average molecular weight is 372 g/mol. The number of halogens is 1. The standard InChI is InChI=1S/C17H18BrN5/c1-11-10-20-17(21-12-5-2-3-6-12)23-16(11)13(9-19)14-7-4-8-15(18)22-14/h4,7-8,10,12,22H,2-3,5-6H2,1H3,(H,20,21,23)/b14-13-. The summed E-state index contributed by atoms with van der Waals surface area (Å²) in [7, 11) is 0. The highest BCUT2D eigenvalue weighted by Crippen LogP contribution is 2.25. The first-order valence-corrected chi connectivity index (χ1v) is 8.52. The van der Waals surface area contributed by atoms with Crippen molar-refractivity contribution >= 4 is 27.5 Å². The van der Waals surface area contributed by atoms with Crippen molar-refractivity contribution in [3.8, 4) is 6.07 Å². The van der Waals surface area contributed by atoms with Crippen LogP contribution in [0.25, 0.3) is 5.57 Å². The van der Waals surface area contributed by atoms with Crippen molar-refractivity contribution in [3.63, 3.8) is 0 Å². The summed E-state index contributed by atoms with van der Waals surface area (Å²) in [4.78, 5) is 8.96. The van der Waals surface area contributed by atoms with Crippen molar-refractivity contribution in [1.82, 2.24) is 15.3 Å². The van der Waals surface area contributed by atoms with Crippen molar-refractivity contribution in [2.24, 2.45) is 0 Å². The van der Waals surface area contributed by atoms with E-state index in [-0.39, 0.29) is 0 Å². The predicted molar refractivity (Wildman–Crippen MR) is 94.5 cm³/mol. The van der Waals surface area contributed by atoms with E-state index in [9.17, 15) is 5.26 Å². The number of nitrogens with one attached hydrogen (secondary N) is 2. The van der Waals surface area contributed by atoms with Gasteiger partial charge in [0.05, 0.1) is 16.0 Å². The maximum Gasteiger partial charge on any atom is 0.223 e. The number of anilines is 1. The molecule has 0 atom stereocenters. The third-order valence-electron chi connectivity index (χ3n) is 4.04. The Labute approximate surface area is 144 Å². The van der Waals surface area contributed by atoms with Crippen LogP contribution in [0.4, 0.5) is 5.95 Å². The Balaban J connectivity index is 1.94. The van der Waals surface area contributed by atoms with Crippen LogP contribution in [-0.4, -0.2) is 16.0 Å². The lowest BCUT2D eigenvalue weighted by atomic mass is 10.1.